The number of benzene rings is 1. The molecule has 1 aliphatic rings. The predicted molar refractivity (Wildman–Crippen MR) is 98.0 cm³/mol. The number of ether oxygens (including phenoxy) is 2. The van der Waals surface area contributed by atoms with Crippen LogP contribution in [0.25, 0.3) is 0 Å². The summed E-state index contributed by atoms with van der Waals surface area (Å²) < 4.78 is 49.4. The normalized spacial score (nSPS) is 18.1. The van der Waals surface area contributed by atoms with Gasteiger partial charge in [-0.25, -0.2) is 0 Å². The van der Waals surface area contributed by atoms with Crippen LogP contribution in [0.3, 0.4) is 0 Å². The van der Waals surface area contributed by atoms with Gasteiger partial charge in [0, 0.05) is 27.2 Å². The van der Waals surface area contributed by atoms with Gasteiger partial charge in [-0.15, -0.1) is 0 Å². The molecular weight excluding hydrogens is 377 g/mol. The van der Waals surface area contributed by atoms with E-state index in [0.717, 1.165) is 12.1 Å². The summed E-state index contributed by atoms with van der Waals surface area (Å²) in [5, 5.41) is 5.65. The van der Waals surface area contributed by atoms with E-state index in [9.17, 15) is 18.0 Å². The van der Waals surface area contributed by atoms with Crippen LogP contribution in [0, 0.1) is 0 Å². The topological polar surface area (TPSA) is 75.2 Å². The number of nitrogens with one attached hydrogen (secondary N) is 2. The Balaban J connectivity index is 1.97. The molecule has 28 heavy (non-hydrogen) atoms. The van der Waals surface area contributed by atoms with E-state index in [1.54, 1.807) is 20.2 Å². The molecule has 1 fully saturated rings. The zero-order valence-electron chi connectivity index (χ0n) is 15.9. The molecule has 10 heteroatoms. The highest BCUT2D eigenvalue weighted by molar-refractivity contribution is 5.86. The largest absolute Gasteiger partial charge is 0.416 e. The average molecular weight is 402 g/mol. The summed E-state index contributed by atoms with van der Waals surface area (Å²) in [5.74, 6) is 0.281. The summed E-state index contributed by atoms with van der Waals surface area (Å²) >= 11 is 0. The van der Waals surface area contributed by atoms with Crippen LogP contribution in [0.2, 0.25) is 0 Å². The zero-order chi connectivity index (χ0) is 20.6. The predicted octanol–water partition coefficient (Wildman–Crippen LogP) is 1.42. The summed E-state index contributed by atoms with van der Waals surface area (Å²) in [6, 6.07) is 5.13. The van der Waals surface area contributed by atoms with Crippen LogP contribution in [0.1, 0.15) is 17.2 Å². The lowest BCUT2D eigenvalue weighted by molar-refractivity contribution is -0.137. The van der Waals surface area contributed by atoms with Gasteiger partial charge in [-0.1, -0.05) is 12.1 Å². The fourth-order valence-corrected chi connectivity index (χ4v) is 2.81. The number of aliphatic imine (C=N–C) groups is 1. The molecule has 156 valence electrons. The highest BCUT2D eigenvalue weighted by atomic mass is 19.4. The van der Waals surface area contributed by atoms with Crippen LogP contribution < -0.4 is 10.6 Å². The van der Waals surface area contributed by atoms with E-state index >= 15 is 0 Å². The Bertz CT molecular complexity index is 682. The van der Waals surface area contributed by atoms with Gasteiger partial charge in [0.2, 0.25) is 5.91 Å². The number of carbonyl (C=O) groups excluding carboxylic acids is 1. The lowest BCUT2D eigenvalue weighted by atomic mass is 10.0. The van der Waals surface area contributed by atoms with E-state index in [1.165, 1.54) is 6.07 Å². The first-order valence-electron chi connectivity index (χ1n) is 8.85. The minimum Gasteiger partial charge on any atom is -0.383 e. The molecule has 2 N–H and O–H groups in total. The SMILES string of the molecule is CN=C(NCC(=O)NCCOC)N1CCOC(c2cccc(C(F)(F)F)c2)C1. The minimum atomic E-state index is -4.40. The van der Waals surface area contributed by atoms with Crippen LogP contribution in [0.5, 0.6) is 0 Å². The van der Waals surface area contributed by atoms with E-state index in [0.29, 0.717) is 44.4 Å². The second-order valence-corrected chi connectivity index (χ2v) is 6.17. The van der Waals surface area contributed by atoms with Gasteiger partial charge in [0.05, 0.1) is 31.9 Å². The number of alkyl halides is 3. The van der Waals surface area contributed by atoms with Crippen LogP contribution in [0.15, 0.2) is 29.3 Å². The molecule has 1 aromatic carbocycles. The Morgan fingerprint density at radius 2 is 2.18 bits per heavy atom. The number of hydrogen-bond acceptors (Lipinski definition) is 4. The first-order chi connectivity index (χ1) is 13.3. The van der Waals surface area contributed by atoms with Crippen molar-refractivity contribution in [1.82, 2.24) is 15.5 Å². The zero-order valence-corrected chi connectivity index (χ0v) is 15.9. The third-order valence-corrected chi connectivity index (χ3v) is 4.20. The Hall–Kier alpha value is -2.33. The number of amides is 1. The summed E-state index contributed by atoms with van der Waals surface area (Å²) in [5.41, 5.74) is -0.256. The molecule has 1 aliphatic heterocycles. The van der Waals surface area contributed by atoms with Crippen molar-refractivity contribution in [1.29, 1.82) is 0 Å². The van der Waals surface area contributed by atoms with Crippen molar-refractivity contribution in [3.05, 3.63) is 35.4 Å². The van der Waals surface area contributed by atoms with Crippen molar-refractivity contribution < 1.29 is 27.4 Å². The quantitative estimate of drug-likeness (QED) is 0.428. The maximum Gasteiger partial charge on any atom is 0.416 e. The van der Waals surface area contributed by atoms with E-state index < -0.39 is 17.8 Å². The average Bonchev–Trinajstić information content (AvgIpc) is 2.68. The summed E-state index contributed by atoms with van der Waals surface area (Å²) in [4.78, 5) is 17.8. The second kappa shape index (κ2) is 10.3. The summed E-state index contributed by atoms with van der Waals surface area (Å²) in [7, 11) is 3.13. The Morgan fingerprint density at radius 3 is 2.86 bits per heavy atom. The molecule has 1 amide bonds. The number of morpholine rings is 1. The number of rotatable bonds is 6. The number of nitrogens with zero attached hydrogens (tertiary/aromatic N) is 2. The van der Waals surface area contributed by atoms with Crippen LogP contribution >= 0.6 is 0 Å². The van der Waals surface area contributed by atoms with Crippen LogP contribution in [-0.4, -0.2) is 70.3 Å². The van der Waals surface area contributed by atoms with Gasteiger partial charge in [-0.3, -0.25) is 9.79 Å². The minimum absolute atomic E-state index is 0.0297. The maximum atomic E-state index is 13.0. The molecule has 0 saturated carbocycles. The van der Waals surface area contributed by atoms with Gasteiger partial charge < -0.3 is 25.0 Å². The molecule has 1 aromatic rings. The van der Waals surface area contributed by atoms with Gasteiger partial charge in [0.15, 0.2) is 5.96 Å². The number of carbonyl (C=O) groups is 1. The molecule has 7 nitrogen and oxygen atoms in total. The fourth-order valence-electron chi connectivity index (χ4n) is 2.81. The summed E-state index contributed by atoms with van der Waals surface area (Å²) in [6.45, 7) is 2.03. The third kappa shape index (κ3) is 6.38. The highest BCUT2D eigenvalue weighted by Gasteiger charge is 2.32. The monoisotopic (exact) mass is 402 g/mol. The van der Waals surface area contributed by atoms with E-state index in [2.05, 4.69) is 15.6 Å². The van der Waals surface area contributed by atoms with E-state index in [-0.39, 0.29) is 12.5 Å². The smallest absolute Gasteiger partial charge is 0.383 e. The molecule has 0 spiro atoms. The van der Waals surface area contributed by atoms with Gasteiger partial charge in [-0.2, -0.15) is 13.2 Å². The molecule has 0 aromatic heterocycles. The van der Waals surface area contributed by atoms with Crippen molar-refractivity contribution in [2.24, 2.45) is 4.99 Å². The number of guanidine groups is 1. The second-order valence-electron chi connectivity index (χ2n) is 6.17. The van der Waals surface area contributed by atoms with Crippen molar-refractivity contribution in [3.63, 3.8) is 0 Å². The summed E-state index contributed by atoms with van der Waals surface area (Å²) in [6.07, 6.45) is -4.93. The highest BCUT2D eigenvalue weighted by Crippen LogP contribution is 2.32. The van der Waals surface area contributed by atoms with Crippen molar-refractivity contribution in [2.45, 2.75) is 12.3 Å². The van der Waals surface area contributed by atoms with Crippen molar-refractivity contribution in [3.8, 4) is 0 Å². The molecule has 0 bridgehead atoms. The lowest BCUT2D eigenvalue weighted by Gasteiger charge is -2.35. The molecule has 1 atom stereocenters. The number of halogens is 3. The standard InChI is InChI=1S/C18H25F3N4O3/c1-22-17(24-11-16(26)23-6-8-27-2)25-7-9-28-15(12-25)13-4-3-5-14(10-13)18(19,20)21/h3-5,10,15H,6-9,11-12H2,1-2H3,(H,22,24)(H,23,26). The van der Waals surface area contributed by atoms with Crippen LogP contribution in [-0.2, 0) is 20.4 Å². The molecule has 1 heterocycles. The van der Waals surface area contributed by atoms with Crippen LogP contribution in [0.4, 0.5) is 13.2 Å². The maximum absolute atomic E-state index is 13.0. The van der Waals surface area contributed by atoms with Gasteiger partial charge >= 0.3 is 6.18 Å². The van der Waals surface area contributed by atoms with E-state index in [1.807, 2.05) is 4.90 Å². The molecule has 0 aliphatic carbocycles. The van der Waals surface area contributed by atoms with Crippen molar-refractivity contribution >= 4 is 11.9 Å². The van der Waals surface area contributed by atoms with Gasteiger partial charge in [0.1, 0.15) is 6.10 Å². The van der Waals surface area contributed by atoms with Gasteiger partial charge in [0.25, 0.3) is 0 Å². The molecule has 1 saturated heterocycles. The van der Waals surface area contributed by atoms with Crippen molar-refractivity contribution in [2.75, 3.05) is 53.6 Å². The Labute approximate surface area is 161 Å². The number of hydrogen-bond donors (Lipinski definition) is 2. The third-order valence-electron chi connectivity index (χ3n) is 4.20. The Kier molecular flexibility index (Phi) is 8.06. The van der Waals surface area contributed by atoms with Gasteiger partial charge in [-0.05, 0) is 17.7 Å². The molecule has 0 radical (unpaired) electrons. The fraction of sp³-hybridized carbons (Fsp3) is 0.556. The first-order valence-corrected chi connectivity index (χ1v) is 8.85. The Morgan fingerprint density at radius 1 is 1.39 bits per heavy atom. The molecular formula is C18H25F3N4O3. The molecule has 2 rings (SSSR count). The first kappa shape index (κ1) is 22.0. The number of methoxy groups -OCH3 is 1. The lowest BCUT2D eigenvalue weighted by Crippen LogP contribution is -2.50. The molecule has 1 unspecified atom stereocenters. The van der Waals surface area contributed by atoms with E-state index in [4.69, 9.17) is 9.47 Å².